The average Bonchev–Trinajstić information content (AvgIpc) is 2.83. The molecule has 1 aliphatic rings. The van der Waals surface area contributed by atoms with Crippen LogP contribution >= 0.6 is 0 Å². The summed E-state index contributed by atoms with van der Waals surface area (Å²) in [7, 11) is 0. The van der Waals surface area contributed by atoms with E-state index in [9.17, 15) is 0 Å². The second-order valence-corrected chi connectivity index (χ2v) is 4.77. The Morgan fingerprint density at radius 3 is 2.69 bits per heavy atom. The van der Waals surface area contributed by atoms with Gasteiger partial charge in [0.1, 0.15) is 0 Å². The molecule has 0 bridgehead atoms. The van der Waals surface area contributed by atoms with Crippen LogP contribution in [0.4, 0.5) is 0 Å². The van der Waals surface area contributed by atoms with E-state index in [1.807, 2.05) is 0 Å². The van der Waals surface area contributed by atoms with Crippen LogP contribution in [0.1, 0.15) is 36.9 Å². The van der Waals surface area contributed by atoms with E-state index < -0.39 is 0 Å². The van der Waals surface area contributed by atoms with Crippen molar-refractivity contribution in [2.75, 3.05) is 13.1 Å². The molecule has 0 aliphatic carbocycles. The van der Waals surface area contributed by atoms with Gasteiger partial charge in [0.05, 0.1) is 0 Å². The molecule has 3 N–H and O–H groups in total. The van der Waals surface area contributed by atoms with Gasteiger partial charge in [-0.1, -0.05) is 37.6 Å². The van der Waals surface area contributed by atoms with Gasteiger partial charge < -0.3 is 11.1 Å². The Morgan fingerprint density at radius 2 is 2.12 bits per heavy atom. The minimum absolute atomic E-state index is 0.200. The Balaban J connectivity index is 2.02. The van der Waals surface area contributed by atoms with Crippen LogP contribution in [0, 0.1) is 5.92 Å². The first-order valence-electron chi connectivity index (χ1n) is 6.36. The first-order chi connectivity index (χ1) is 7.81. The third-order valence-corrected chi connectivity index (χ3v) is 3.51. The molecule has 1 aliphatic heterocycles. The summed E-state index contributed by atoms with van der Waals surface area (Å²) in [6.45, 7) is 4.40. The van der Waals surface area contributed by atoms with Crippen LogP contribution in [0.5, 0.6) is 0 Å². The van der Waals surface area contributed by atoms with E-state index in [1.54, 1.807) is 0 Å². The van der Waals surface area contributed by atoms with Crippen molar-refractivity contribution < 1.29 is 0 Å². The summed E-state index contributed by atoms with van der Waals surface area (Å²) in [6, 6.07) is 9.05. The second kappa shape index (κ2) is 5.46. The summed E-state index contributed by atoms with van der Waals surface area (Å²) < 4.78 is 0. The Hall–Kier alpha value is -0.860. The van der Waals surface area contributed by atoms with Gasteiger partial charge in [-0.25, -0.2) is 0 Å². The molecule has 0 aromatic heterocycles. The number of benzene rings is 1. The molecule has 2 rings (SSSR count). The lowest BCUT2D eigenvalue weighted by Crippen LogP contribution is -2.23. The molecular formula is C14H22N2. The highest BCUT2D eigenvalue weighted by Gasteiger charge is 2.22. The standard InChI is InChI=1S/C14H22N2/c1-2-3-11-4-6-12(7-5-11)14(15)13-8-9-16-10-13/h4-7,13-14,16H,2-3,8-10,15H2,1H3. The first kappa shape index (κ1) is 11.6. The molecule has 1 saturated heterocycles. The minimum atomic E-state index is 0.200. The molecule has 1 heterocycles. The van der Waals surface area contributed by atoms with E-state index in [4.69, 9.17) is 5.73 Å². The molecule has 1 aromatic rings. The highest BCUT2D eigenvalue weighted by molar-refractivity contribution is 5.25. The van der Waals surface area contributed by atoms with Crippen LogP contribution in [0.25, 0.3) is 0 Å². The summed E-state index contributed by atoms with van der Waals surface area (Å²) in [6.07, 6.45) is 3.58. The number of nitrogens with one attached hydrogen (secondary N) is 1. The Labute approximate surface area is 98.2 Å². The Kier molecular flexibility index (Phi) is 3.97. The number of hydrogen-bond donors (Lipinski definition) is 2. The predicted molar refractivity (Wildman–Crippen MR) is 68.3 cm³/mol. The molecule has 0 radical (unpaired) electrons. The maximum absolute atomic E-state index is 6.28. The van der Waals surface area contributed by atoms with E-state index in [1.165, 1.54) is 30.4 Å². The predicted octanol–water partition coefficient (Wildman–Crippen LogP) is 2.25. The maximum atomic E-state index is 6.28. The van der Waals surface area contributed by atoms with Gasteiger partial charge in [-0.15, -0.1) is 0 Å². The summed E-state index contributed by atoms with van der Waals surface area (Å²) in [5.41, 5.74) is 8.99. The highest BCUT2D eigenvalue weighted by Crippen LogP contribution is 2.24. The molecule has 16 heavy (non-hydrogen) atoms. The topological polar surface area (TPSA) is 38.0 Å². The fraction of sp³-hybridized carbons (Fsp3) is 0.571. The van der Waals surface area contributed by atoms with Crippen molar-refractivity contribution >= 4 is 0 Å². The normalized spacial score (nSPS) is 22.2. The molecule has 1 fully saturated rings. The number of aryl methyl sites for hydroxylation is 1. The number of nitrogens with two attached hydrogens (primary N) is 1. The lowest BCUT2D eigenvalue weighted by atomic mass is 9.92. The van der Waals surface area contributed by atoms with E-state index in [2.05, 4.69) is 36.5 Å². The van der Waals surface area contributed by atoms with Gasteiger partial charge in [0.2, 0.25) is 0 Å². The van der Waals surface area contributed by atoms with Crippen molar-refractivity contribution in [1.82, 2.24) is 5.32 Å². The molecule has 2 atom stereocenters. The van der Waals surface area contributed by atoms with Crippen molar-refractivity contribution in [1.29, 1.82) is 0 Å². The number of rotatable bonds is 4. The van der Waals surface area contributed by atoms with Crippen molar-refractivity contribution in [3.63, 3.8) is 0 Å². The molecule has 2 unspecified atom stereocenters. The smallest absolute Gasteiger partial charge is 0.0336 e. The zero-order valence-electron chi connectivity index (χ0n) is 10.1. The molecule has 1 aromatic carbocycles. The zero-order valence-corrected chi connectivity index (χ0v) is 10.1. The van der Waals surface area contributed by atoms with Gasteiger partial charge in [0.15, 0.2) is 0 Å². The fourth-order valence-corrected chi connectivity index (χ4v) is 2.45. The van der Waals surface area contributed by atoms with E-state index in [0.717, 1.165) is 13.1 Å². The molecule has 2 nitrogen and oxygen atoms in total. The fourth-order valence-electron chi connectivity index (χ4n) is 2.45. The van der Waals surface area contributed by atoms with Crippen molar-refractivity contribution in [3.8, 4) is 0 Å². The number of hydrogen-bond acceptors (Lipinski definition) is 2. The molecule has 88 valence electrons. The van der Waals surface area contributed by atoms with Crippen LogP contribution in [0.15, 0.2) is 24.3 Å². The summed E-state index contributed by atoms with van der Waals surface area (Å²) in [5.74, 6) is 0.608. The lowest BCUT2D eigenvalue weighted by molar-refractivity contribution is 0.470. The van der Waals surface area contributed by atoms with Gasteiger partial charge >= 0.3 is 0 Å². The average molecular weight is 218 g/mol. The third-order valence-electron chi connectivity index (χ3n) is 3.51. The summed E-state index contributed by atoms with van der Waals surface area (Å²) >= 11 is 0. The maximum Gasteiger partial charge on any atom is 0.0336 e. The molecule has 0 amide bonds. The minimum Gasteiger partial charge on any atom is -0.324 e. The van der Waals surface area contributed by atoms with Gasteiger partial charge in [0.25, 0.3) is 0 Å². The largest absolute Gasteiger partial charge is 0.324 e. The van der Waals surface area contributed by atoms with Crippen molar-refractivity contribution in [2.24, 2.45) is 11.7 Å². The zero-order chi connectivity index (χ0) is 11.4. The molecule has 0 spiro atoms. The van der Waals surface area contributed by atoms with Crippen molar-refractivity contribution in [2.45, 2.75) is 32.2 Å². The van der Waals surface area contributed by atoms with Crippen LogP contribution in [-0.2, 0) is 6.42 Å². The van der Waals surface area contributed by atoms with Gasteiger partial charge in [0, 0.05) is 6.04 Å². The highest BCUT2D eigenvalue weighted by atomic mass is 14.9. The summed E-state index contributed by atoms with van der Waals surface area (Å²) in [5, 5.41) is 3.37. The van der Waals surface area contributed by atoms with Crippen LogP contribution < -0.4 is 11.1 Å². The van der Waals surface area contributed by atoms with Gasteiger partial charge in [-0.3, -0.25) is 0 Å². The van der Waals surface area contributed by atoms with Crippen LogP contribution in [0.3, 0.4) is 0 Å². The Morgan fingerprint density at radius 1 is 1.38 bits per heavy atom. The van der Waals surface area contributed by atoms with E-state index >= 15 is 0 Å². The monoisotopic (exact) mass is 218 g/mol. The van der Waals surface area contributed by atoms with Gasteiger partial charge in [-0.2, -0.15) is 0 Å². The first-order valence-corrected chi connectivity index (χ1v) is 6.36. The second-order valence-electron chi connectivity index (χ2n) is 4.77. The molecule has 0 saturated carbocycles. The third kappa shape index (κ3) is 2.63. The van der Waals surface area contributed by atoms with E-state index in [0.29, 0.717) is 5.92 Å². The van der Waals surface area contributed by atoms with Crippen LogP contribution in [-0.4, -0.2) is 13.1 Å². The van der Waals surface area contributed by atoms with E-state index in [-0.39, 0.29) is 6.04 Å². The van der Waals surface area contributed by atoms with Crippen molar-refractivity contribution in [3.05, 3.63) is 35.4 Å². The van der Waals surface area contributed by atoms with Gasteiger partial charge in [-0.05, 0) is 43.0 Å². The Bertz CT molecular complexity index is 312. The quantitative estimate of drug-likeness (QED) is 0.813. The lowest BCUT2D eigenvalue weighted by Gasteiger charge is -2.18. The molecule has 2 heteroatoms. The molecular weight excluding hydrogens is 196 g/mol. The summed E-state index contributed by atoms with van der Waals surface area (Å²) in [4.78, 5) is 0. The SMILES string of the molecule is CCCc1ccc(C(N)C2CCNC2)cc1. The van der Waals surface area contributed by atoms with Crippen LogP contribution in [0.2, 0.25) is 0 Å².